The maximum absolute atomic E-state index is 14.4. The molecule has 3 aromatic rings. The summed E-state index contributed by atoms with van der Waals surface area (Å²) in [5.41, 5.74) is 2.42. The van der Waals surface area contributed by atoms with E-state index in [1.807, 2.05) is 18.2 Å². The summed E-state index contributed by atoms with van der Waals surface area (Å²) in [6.45, 7) is 0.343. The van der Waals surface area contributed by atoms with Gasteiger partial charge in [0.25, 0.3) is 5.91 Å². The van der Waals surface area contributed by atoms with Crippen LogP contribution in [0, 0.1) is 11.6 Å². The van der Waals surface area contributed by atoms with Crippen molar-refractivity contribution in [2.45, 2.75) is 12.5 Å². The SMILES string of the molecule is COc1cc2c(cc1OC)C(c1cccc(Cl)c1)N(C(=O)c1ccc(F)cc1F)CC2. The molecule has 0 aromatic heterocycles. The first-order chi connectivity index (χ1) is 14.9. The minimum Gasteiger partial charge on any atom is -0.493 e. The number of fused-ring (bicyclic) bond motifs is 1. The molecule has 0 saturated heterocycles. The van der Waals surface area contributed by atoms with Gasteiger partial charge in [0.05, 0.1) is 25.8 Å². The zero-order valence-corrected chi connectivity index (χ0v) is 17.7. The summed E-state index contributed by atoms with van der Waals surface area (Å²) in [6, 6.07) is 13.4. The van der Waals surface area contributed by atoms with Gasteiger partial charge in [-0.05, 0) is 59.5 Å². The van der Waals surface area contributed by atoms with Crippen molar-refractivity contribution >= 4 is 17.5 Å². The van der Waals surface area contributed by atoms with Gasteiger partial charge in [-0.1, -0.05) is 23.7 Å². The Labute approximate surface area is 184 Å². The lowest BCUT2D eigenvalue weighted by atomic mass is 9.87. The van der Waals surface area contributed by atoms with Crippen molar-refractivity contribution in [2.24, 2.45) is 0 Å². The Morgan fingerprint density at radius 2 is 1.77 bits per heavy atom. The van der Waals surface area contributed by atoms with Gasteiger partial charge in [-0.2, -0.15) is 0 Å². The van der Waals surface area contributed by atoms with Crippen molar-refractivity contribution in [3.8, 4) is 11.5 Å². The molecular formula is C24H20ClF2NO3. The third-order valence-electron chi connectivity index (χ3n) is 5.46. The second kappa shape index (κ2) is 8.55. The quantitative estimate of drug-likeness (QED) is 0.540. The van der Waals surface area contributed by atoms with Crippen LogP contribution in [-0.4, -0.2) is 31.6 Å². The first kappa shape index (κ1) is 21.1. The highest BCUT2D eigenvalue weighted by Gasteiger charge is 2.34. The zero-order chi connectivity index (χ0) is 22.1. The lowest BCUT2D eigenvalue weighted by molar-refractivity contribution is 0.0689. The van der Waals surface area contributed by atoms with Gasteiger partial charge in [0.15, 0.2) is 11.5 Å². The minimum absolute atomic E-state index is 0.183. The van der Waals surface area contributed by atoms with Crippen LogP contribution in [0.15, 0.2) is 54.6 Å². The number of benzene rings is 3. The highest BCUT2D eigenvalue weighted by molar-refractivity contribution is 6.30. The predicted molar refractivity (Wildman–Crippen MR) is 114 cm³/mol. The zero-order valence-electron chi connectivity index (χ0n) is 17.0. The van der Waals surface area contributed by atoms with Crippen molar-refractivity contribution in [3.63, 3.8) is 0 Å². The summed E-state index contributed by atoms with van der Waals surface area (Å²) in [4.78, 5) is 14.9. The summed E-state index contributed by atoms with van der Waals surface area (Å²) >= 11 is 6.23. The van der Waals surface area contributed by atoms with Crippen molar-refractivity contribution in [3.05, 3.63) is 93.5 Å². The summed E-state index contributed by atoms with van der Waals surface area (Å²) in [5.74, 6) is -1.04. The molecule has 160 valence electrons. The van der Waals surface area contributed by atoms with Crippen LogP contribution in [0.4, 0.5) is 8.78 Å². The Morgan fingerprint density at radius 1 is 1.03 bits per heavy atom. The standard InChI is InChI=1S/C24H20ClF2NO3/c1-30-21-11-14-8-9-28(24(29)18-7-6-17(26)12-20(18)27)23(19(14)13-22(21)31-2)15-4-3-5-16(25)10-15/h3-7,10-13,23H,8-9H2,1-2H3. The Morgan fingerprint density at radius 3 is 2.45 bits per heavy atom. The van der Waals surface area contributed by atoms with Crippen molar-refractivity contribution < 1.29 is 23.0 Å². The van der Waals surface area contributed by atoms with Gasteiger partial charge in [0.1, 0.15) is 11.6 Å². The molecule has 0 bridgehead atoms. The lowest BCUT2D eigenvalue weighted by Gasteiger charge is -2.38. The molecule has 0 spiro atoms. The molecule has 0 saturated carbocycles. The highest BCUT2D eigenvalue weighted by Crippen LogP contribution is 2.42. The molecule has 0 fully saturated rings. The molecule has 4 nitrogen and oxygen atoms in total. The molecule has 0 N–H and O–H groups in total. The number of halogens is 3. The molecule has 1 heterocycles. The summed E-state index contributed by atoms with van der Waals surface area (Å²) in [5, 5.41) is 0.519. The molecule has 31 heavy (non-hydrogen) atoms. The smallest absolute Gasteiger partial charge is 0.257 e. The number of carbonyl (C=O) groups excluding carboxylic acids is 1. The van der Waals surface area contributed by atoms with E-state index in [0.717, 1.165) is 22.8 Å². The summed E-state index contributed by atoms with van der Waals surface area (Å²) < 4.78 is 38.7. The van der Waals surface area contributed by atoms with E-state index in [1.165, 1.54) is 13.2 Å². The van der Waals surface area contributed by atoms with E-state index >= 15 is 0 Å². The molecule has 1 amide bonds. The van der Waals surface area contributed by atoms with E-state index < -0.39 is 23.6 Å². The van der Waals surface area contributed by atoms with Gasteiger partial charge in [-0.3, -0.25) is 4.79 Å². The number of rotatable bonds is 4. The van der Waals surface area contributed by atoms with Gasteiger partial charge in [-0.25, -0.2) is 8.78 Å². The Bertz CT molecular complexity index is 1150. The van der Waals surface area contributed by atoms with Crippen LogP contribution in [0.5, 0.6) is 11.5 Å². The van der Waals surface area contributed by atoms with E-state index in [0.29, 0.717) is 35.6 Å². The average molecular weight is 444 g/mol. The molecule has 1 atom stereocenters. The number of ether oxygens (including phenoxy) is 2. The Hall–Kier alpha value is -3.12. The van der Waals surface area contributed by atoms with Gasteiger partial charge >= 0.3 is 0 Å². The Balaban J connectivity index is 1.87. The maximum Gasteiger partial charge on any atom is 0.257 e. The van der Waals surface area contributed by atoms with Crippen LogP contribution in [0.2, 0.25) is 5.02 Å². The fourth-order valence-corrected chi connectivity index (χ4v) is 4.22. The van der Waals surface area contributed by atoms with Crippen molar-refractivity contribution in [1.29, 1.82) is 0 Å². The second-order valence-electron chi connectivity index (χ2n) is 7.24. The number of methoxy groups -OCH3 is 2. The largest absolute Gasteiger partial charge is 0.493 e. The topological polar surface area (TPSA) is 38.8 Å². The first-order valence-corrected chi connectivity index (χ1v) is 10.1. The third kappa shape index (κ3) is 3.95. The van der Waals surface area contributed by atoms with Crippen LogP contribution >= 0.6 is 11.6 Å². The maximum atomic E-state index is 14.4. The number of amides is 1. The fraction of sp³-hybridized carbons (Fsp3) is 0.208. The molecular weight excluding hydrogens is 424 g/mol. The van der Waals surface area contributed by atoms with Crippen molar-refractivity contribution in [2.75, 3.05) is 20.8 Å². The van der Waals surface area contributed by atoms with E-state index in [1.54, 1.807) is 30.2 Å². The highest BCUT2D eigenvalue weighted by atomic mass is 35.5. The number of carbonyl (C=O) groups is 1. The molecule has 1 aliphatic rings. The van der Waals surface area contributed by atoms with Crippen LogP contribution in [0.1, 0.15) is 33.1 Å². The van der Waals surface area contributed by atoms with Crippen LogP contribution in [-0.2, 0) is 6.42 Å². The van der Waals surface area contributed by atoms with Crippen molar-refractivity contribution in [1.82, 2.24) is 4.90 Å². The van der Waals surface area contributed by atoms with E-state index in [2.05, 4.69) is 0 Å². The number of nitrogens with zero attached hydrogens (tertiary/aromatic N) is 1. The predicted octanol–water partition coefficient (Wildman–Crippen LogP) is 5.42. The first-order valence-electron chi connectivity index (χ1n) is 9.69. The van der Waals surface area contributed by atoms with E-state index in [-0.39, 0.29) is 5.56 Å². The van der Waals surface area contributed by atoms with Crippen LogP contribution in [0.25, 0.3) is 0 Å². The molecule has 3 aromatic carbocycles. The molecule has 1 unspecified atom stereocenters. The summed E-state index contributed by atoms with van der Waals surface area (Å²) in [6.07, 6.45) is 0.543. The van der Waals surface area contributed by atoms with Gasteiger partial charge in [0.2, 0.25) is 0 Å². The number of hydrogen-bond donors (Lipinski definition) is 0. The van der Waals surface area contributed by atoms with E-state index in [4.69, 9.17) is 21.1 Å². The van der Waals surface area contributed by atoms with Crippen LogP contribution in [0.3, 0.4) is 0 Å². The third-order valence-corrected chi connectivity index (χ3v) is 5.70. The van der Waals surface area contributed by atoms with Crippen LogP contribution < -0.4 is 9.47 Å². The minimum atomic E-state index is -0.895. The lowest BCUT2D eigenvalue weighted by Crippen LogP contribution is -2.41. The van der Waals surface area contributed by atoms with Gasteiger partial charge in [-0.15, -0.1) is 0 Å². The molecule has 7 heteroatoms. The second-order valence-corrected chi connectivity index (χ2v) is 7.67. The fourth-order valence-electron chi connectivity index (χ4n) is 4.02. The van der Waals surface area contributed by atoms with Gasteiger partial charge in [0, 0.05) is 17.6 Å². The molecule has 0 aliphatic carbocycles. The summed E-state index contributed by atoms with van der Waals surface area (Å²) in [7, 11) is 3.10. The van der Waals surface area contributed by atoms with Gasteiger partial charge < -0.3 is 14.4 Å². The molecule has 1 aliphatic heterocycles. The Kier molecular flexibility index (Phi) is 5.83. The van der Waals surface area contributed by atoms with E-state index in [9.17, 15) is 13.6 Å². The molecule has 4 rings (SSSR count). The normalized spacial score (nSPS) is 15.4. The molecule has 0 radical (unpaired) electrons. The monoisotopic (exact) mass is 443 g/mol. The average Bonchev–Trinajstić information content (AvgIpc) is 2.76. The number of hydrogen-bond acceptors (Lipinski definition) is 3.